The number of hydrogen-bond donors (Lipinski definition) is 0. The van der Waals surface area contributed by atoms with Gasteiger partial charge in [0, 0.05) is 12.7 Å². The zero-order valence-electron chi connectivity index (χ0n) is 22.4. The number of fused-ring (bicyclic) bond motifs is 1. The van der Waals surface area contributed by atoms with Gasteiger partial charge >= 0.3 is 5.97 Å². The molecule has 9 heteroatoms. The summed E-state index contributed by atoms with van der Waals surface area (Å²) in [5.74, 6) is 0.916. The minimum Gasteiger partial charge on any atom is -0.493 e. The zero-order chi connectivity index (χ0) is 27.4. The second-order valence-corrected chi connectivity index (χ2v) is 10.1. The molecule has 4 rings (SSSR count). The number of esters is 1. The van der Waals surface area contributed by atoms with Crippen molar-refractivity contribution in [3.8, 4) is 11.5 Å². The van der Waals surface area contributed by atoms with Crippen molar-refractivity contribution in [2.75, 3.05) is 34.5 Å². The SMILES string of the molecule is COCCOC(=O)C1=C(C)N=c2sc(=Cc3cccc(OC)c3OC)c(=O)n2C1c1ccc(C(C)C)cc1. The van der Waals surface area contributed by atoms with Gasteiger partial charge in [-0.2, -0.15) is 0 Å². The van der Waals surface area contributed by atoms with E-state index in [1.807, 2.05) is 36.4 Å². The Morgan fingerprint density at radius 3 is 2.45 bits per heavy atom. The summed E-state index contributed by atoms with van der Waals surface area (Å²) in [5, 5.41) is 0. The second kappa shape index (κ2) is 11.8. The topological polar surface area (TPSA) is 88.4 Å². The van der Waals surface area contributed by atoms with Crippen LogP contribution < -0.4 is 24.4 Å². The maximum absolute atomic E-state index is 13.9. The van der Waals surface area contributed by atoms with Gasteiger partial charge in [0.1, 0.15) is 6.61 Å². The van der Waals surface area contributed by atoms with E-state index in [0.717, 1.165) is 11.1 Å². The molecule has 8 nitrogen and oxygen atoms in total. The summed E-state index contributed by atoms with van der Waals surface area (Å²) < 4.78 is 23.5. The molecule has 0 fully saturated rings. The van der Waals surface area contributed by atoms with Gasteiger partial charge in [-0.05, 0) is 36.1 Å². The van der Waals surface area contributed by atoms with Crippen molar-refractivity contribution in [3.63, 3.8) is 0 Å². The first kappa shape index (κ1) is 27.3. The number of thiazole rings is 1. The molecule has 0 N–H and O–H groups in total. The molecule has 38 heavy (non-hydrogen) atoms. The van der Waals surface area contributed by atoms with Crippen LogP contribution in [0.4, 0.5) is 0 Å². The lowest BCUT2D eigenvalue weighted by molar-refractivity contribution is -0.140. The molecule has 3 aromatic rings. The predicted molar refractivity (Wildman–Crippen MR) is 147 cm³/mol. The van der Waals surface area contributed by atoms with Crippen molar-refractivity contribution in [2.24, 2.45) is 4.99 Å². The molecular weight excluding hydrogens is 504 g/mol. The van der Waals surface area contributed by atoms with Crippen molar-refractivity contribution in [2.45, 2.75) is 32.7 Å². The highest BCUT2D eigenvalue weighted by atomic mass is 32.1. The summed E-state index contributed by atoms with van der Waals surface area (Å²) in [5.41, 5.74) is 3.25. The Hall–Kier alpha value is -3.69. The van der Waals surface area contributed by atoms with Crippen LogP contribution in [-0.2, 0) is 14.3 Å². The lowest BCUT2D eigenvalue weighted by Crippen LogP contribution is -2.40. The minimum atomic E-state index is -0.683. The van der Waals surface area contributed by atoms with Gasteiger partial charge in [0.2, 0.25) is 0 Å². The Balaban J connectivity index is 1.91. The van der Waals surface area contributed by atoms with Gasteiger partial charge in [0.25, 0.3) is 5.56 Å². The Kier molecular flexibility index (Phi) is 8.48. The third-order valence-corrected chi connectivity index (χ3v) is 7.38. The molecular formula is C29H32N2O6S. The van der Waals surface area contributed by atoms with E-state index in [-0.39, 0.29) is 18.8 Å². The van der Waals surface area contributed by atoms with Gasteiger partial charge in [-0.3, -0.25) is 9.36 Å². The summed E-state index contributed by atoms with van der Waals surface area (Å²) in [6.07, 6.45) is 1.76. The number of ether oxygens (including phenoxy) is 4. The normalized spacial score (nSPS) is 15.3. The molecule has 1 aliphatic rings. The van der Waals surface area contributed by atoms with E-state index < -0.39 is 12.0 Å². The van der Waals surface area contributed by atoms with Crippen LogP contribution in [-0.4, -0.2) is 45.1 Å². The number of benzene rings is 2. The maximum atomic E-state index is 13.9. The molecule has 200 valence electrons. The van der Waals surface area contributed by atoms with Crippen LogP contribution in [0.1, 0.15) is 49.4 Å². The van der Waals surface area contributed by atoms with Crippen LogP contribution in [0.2, 0.25) is 0 Å². The third kappa shape index (κ3) is 5.30. The zero-order valence-corrected chi connectivity index (χ0v) is 23.3. The molecule has 0 saturated carbocycles. The molecule has 2 aromatic carbocycles. The van der Waals surface area contributed by atoms with E-state index in [1.54, 1.807) is 45.0 Å². The first-order valence-corrected chi connectivity index (χ1v) is 13.1. The molecule has 1 aliphatic heterocycles. The van der Waals surface area contributed by atoms with Crippen LogP contribution in [0.15, 0.2) is 63.5 Å². The number of methoxy groups -OCH3 is 3. The summed E-state index contributed by atoms with van der Waals surface area (Å²) in [4.78, 5) is 32.3. The van der Waals surface area contributed by atoms with Crippen molar-refractivity contribution in [3.05, 3.63) is 90.1 Å². The van der Waals surface area contributed by atoms with Crippen LogP contribution in [0, 0.1) is 0 Å². The average molecular weight is 537 g/mol. The summed E-state index contributed by atoms with van der Waals surface area (Å²) in [7, 11) is 4.67. The number of rotatable bonds is 9. The Morgan fingerprint density at radius 2 is 1.82 bits per heavy atom. The molecule has 1 atom stereocenters. The molecule has 1 aromatic heterocycles. The van der Waals surface area contributed by atoms with E-state index in [0.29, 0.717) is 43.6 Å². The highest BCUT2D eigenvalue weighted by molar-refractivity contribution is 7.07. The monoisotopic (exact) mass is 536 g/mol. The summed E-state index contributed by atoms with van der Waals surface area (Å²) in [6, 6.07) is 12.8. The molecule has 0 amide bonds. The van der Waals surface area contributed by atoms with Gasteiger partial charge in [-0.15, -0.1) is 0 Å². The van der Waals surface area contributed by atoms with E-state index in [4.69, 9.17) is 18.9 Å². The Labute approximate surface area is 225 Å². The number of carbonyl (C=O) groups is 1. The minimum absolute atomic E-state index is 0.102. The lowest BCUT2D eigenvalue weighted by atomic mass is 9.93. The molecule has 1 unspecified atom stereocenters. The van der Waals surface area contributed by atoms with Gasteiger partial charge in [0.15, 0.2) is 16.3 Å². The second-order valence-electron chi connectivity index (χ2n) is 9.11. The number of hydrogen-bond acceptors (Lipinski definition) is 8. The number of carbonyl (C=O) groups excluding carboxylic acids is 1. The van der Waals surface area contributed by atoms with E-state index in [2.05, 4.69) is 18.8 Å². The van der Waals surface area contributed by atoms with Crippen molar-refractivity contribution < 1.29 is 23.7 Å². The molecule has 0 radical (unpaired) electrons. The first-order chi connectivity index (χ1) is 18.3. The Morgan fingerprint density at radius 1 is 1.08 bits per heavy atom. The quantitative estimate of drug-likeness (QED) is 0.307. The van der Waals surface area contributed by atoms with Crippen molar-refractivity contribution >= 4 is 23.4 Å². The Bertz CT molecular complexity index is 1530. The highest BCUT2D eigenvalue weighted by Crippen LogP contribution is 2.33. The van der Waals surface area contributed by atoms with Crippen LogP contribution in [0.3, 0.4) is 0 Å². The van der Waals surface area contributed by atoms with Crippen LogP contribution >= 0.6 is 11.3 Å². The van der Waals surface area contributed by atoms with E-state index in [1.165, 1.54) is 11.3 Å². The van der Waals surface area contributed by atoms with Crippen molar-refractivity contribution in [1.82, 2.24) is 4.57 Å². The first-order valence-electron chi connectivity index (χ1n) is 12.3. The van der Waals surface area contributed by atoms with Crippen molar-refractivity contribution in [1.29, 1.82) is 0 Å². The standard InChI is InChI=1S/C29H32N2O6S/c1-17(2)19-10-12-20(13-11-19)25-24(28(33)37-15-14-34-4)18(3)30-29-31(25)27(32)23(38-29)16-21-8-7-9-22(35-5)26(21)36-6/h7-13,16-17,25H,14-15H2,1-6H3. The molecule has 0 bridgehead atoms. The number of nitrogens with zero attached hydrogens (tertiary/aromatic N) is 2. The number of aromatic nitrogens is 1. The molecule has 0 aliphatic carbocycles. The van der Waals surface area contributed by atoms with Crippen LogP contribution in [0.5, 0.6) is 11.5 Å². The molecule has 0 saturated heterocycles. The fourth-order valence-corrected chi connectivity index (χ4v) is 5.46. The fraction of sp³-hybridized carbons (Fsp3) is 0.345. The summed E-state index contributed by atoms with van der Waals surface area (Å²) in [6.45, 7) is 6.38. The van der Waals surface area contributed by atoms with Gasteiger partial charge in [-0.25, -0.2) is 9.79 Å². The molecule has 2 heterocycles. The lowest BCUT2D eigenvalue weighted by Gasteiger charge is -2.25. The highest BCUT2D eigenvalue weighted by Gasteiger charge is 2.33. The van der Waals surface area contributed by atoms with E-state index in [9.17, 15) is 9.59 Å². The fourth-order valence-electron chi connectivity index (χ4n) is 4.42. The largest absolute Gasteiger partial charge is 0.493 e. The number of para-hydroxylation sites is 1. The molecule has 0 spiro atoms. The van der Waals surface area contributed by atoms with E-state index >= 15 is 0 Å². The number of allylic oxidation sites excluding steroid dienone is 1. The predicted octanol–water partition coefficient (Wildman–Crippen LogP) is 3.57. The average Bonchev–Trinajstić information content (AvgIpc) is 3.21. The van der Waals surface area contributed by atoms with Crippen LogP contribution in [0.25, 0.3) is 6.08 Å². The van der Waals surface area contributed by atoms with Gasteiger partial charge in [-0.1, -0.05) is 61.6 Å². The smallest absolute Gasteiger partial charge is 0.338 e. The third-order valence-electron chi connectivity index (χ3n) is 6.40. The van der Waals surface area contributed by atoms with Gasteiger partial charge in [0.05, 0.1) is 42.7 Å². The maximum Gasteiger partial charge on any atom is 0.338 e. The van der Waals surface area contributed by atoms with Gasteiger partial charge < -0.3 is 18.9 Å². The summed E-state index contributed by atoms with van der Waals surface area (Å²) >= 11 is 1.26.